The molecule has 122 valence electrons. The zero-order valence-corrected chi connectivity index (χ0v) is 14.1. The van der Waals surface area contributed by atoms with Crippen LogP contribution in [-0.2, 0) is 23.2 Å². The Morgan fingerprint density at radius 2 is 2.22 bits per heavy atom. The fourth-order valence-corrected chi connectivity index (χ4v) is 4.13. The molecule has 1 aliphatic heterocycles. The van der Waals surface area contributed by atoms with Crippen molar-refractivity contribution in [2.24, 2.45) is 13.0 Å². The third-order valence-electron chi connectivity index (χ3n) is 4.57. The van der Waals surface area contributed by atoms with Crippen LogP contribution in [-0.4, -0.2) is 31.7 Å². The van der Waals surface area contributed by atoms with Crippen molar-refractivity contribution in [2.45, 2.75) is 32.9 Å². The van der Waals surface area contributed by atoms with Crippen molar-refractivity contribution in [1.82, 2.24) is 14.7 Å². The van der Waals surface area contributed by atoms with Crippen LogP contribution in [0.25, 0.3) is 0 Å². The number of carbonyl (C=O) groups excluding carboxylic acids is 1. The van der Waals surface area contributed by atoms with Gasteiger partial charge >= 0.3 is 5.97 Å². The van der Waals surface area contributed by atoms with Gasteiger partial charge in [-0.05, 0) is 25.3 Å². The van der Waals surface area contributed by atoms with E-state index in [4.69, 9.17) is 0 Å². The average Bonchev–Trinajstić information content (AvgIpc) is 3.16. The number of nitrogens with zero attached hydrogens (tertiary/aromatic N) is 3. The molecule has 2 aromatic heterocycles. The molecule has 0 spiro atoms. The molecule has 6 nitrogen and oxygen atoms in total. The molecular formula is C16H19N3O3S. The van der Waals surface area contributed by atoms with E-state index in [0.29, 0.717) is 6.54 Å². The van der Waals surface area contributed by atoms with E-state index in [9.17, 15) is 14.7 Å². The predicted octanol–water partition coefficient (Wildman–Crippen LogP) is 2.27. The van der Waals surface area contributed by atoms with Gasteiger partial charge in [-0.2, -0.15) is 5.10 Å². The van der Waals surface area contributed by atoms with Crippen LogP contribution in [0.4, 0.5) is 0 Å². The summed E-state index contributed by atoms with van der Waals surface area (Å²) in [7, 11) is 1.87. The van der Waals surface area contributed by atoms with Gasteiger partial charge in [0.25, 0.3) is 0 Å². The number of rotatable bonds is 4. The van der Waals surface area contributed by atoms with Gasteiger partial charge < -0.3 is 10.0 Å². The molecule has 0 saturated carbocycles. The molecule has 1 saturated heterocycles. The van der Waals surface area contributed by atoms with E-state index in [1.165, 1.54) is 11.3 Å². The number of amides is 1. The molecule has 0 unspecified atom stereocenters. The second kappa shape index (κ2) is 5.81. The summed E-state index contributed by atoms with van der Waals surface area (Å²) in [6, 6.07) is 3.39. The van der Waals surface area contributed by atoms with Gasteiger partial charge in [-0.1, -0.05) is 6.07 Å². The first-order valence-electron chi connectivity index (χ1n) is 7.45. The highest BCUT2D eigenvalue weighted by atomic mass is 32.1. The van der Waals surface area contributed by atoms with Gasteiger partial charge in [-0.15, -0.1) is 11.3 Å². The Hall–Kier alpha value is -2.15. The van der Waals surface area contributed by atoms with E-state index < -0.39 is 17.9 Å². The molecule has 1 fully saturated rings. The molecule has 1 N–H and O–H groups in total. The number of likely N-dealkylation sites (tertiary alicyclic amines) is 1. The third kappa shape index (κ3) is 2.65. The zero-order valence-electron chi connectivity index (χ0n) is 13.3. The summed E-state index contributed by atoms with van der Waals surface area (Å²) >= 11 is 1.49. The molecule has 3 rings (SSSR count). The second-order valence-electron chi connectivity index (χ2n) is 5.90. The van der Waals surface area contributed by atoms with E-state index >= 15 is 0 Å². The lowest BCUT2D eigenvalue weighted by molar-refractivity contribution is -0.142. The van der Waals surface area contributed by atoms with E-state index in [1.807, 2.05) is 38.4 Å². The first kappa shape index (κ1) is 15.7. The first-order valence-corrected chi connectivity index (χ1v) is 8.33. The van der Waals surface area contributed by atoms with Crippen LogP contribution in [0.5, 0.6) is 0 Å². The summed E-state index contributed by atoms with van der Waals surface area (Å²) in [5.74, 6) is -1.73. The van der Waals surface area contributed by atoms with Crippen LogP contribution in [0.1, 0.15) is 34.3 Å². The first-order chi connectivity index (χ1) is 10.9. The number of aryl methyl sites for hydroxylation is 2. The van der Waals surface area contributed by atoms with Crippen molar-refractivity contribution in [3.63, 3.8) is 0 Å². The van der Waals surface area contributed by atoms with Gasteiger partial charge in [0.15, 0.2) is 0 Å². The van der Waals surface area contributed by atoms with Gasteiger partial charge in [-0.3, -0.25) is 14.3 Å². The second-order valence-corrected chi connectivity index (χ2v) is 6.88. The Morgan fingerprint density at radius 1 is 1.48 bits per heavy atom. The van der Waals surface area contributed by atoms with Crippen LogP contribution in [0.3, 0.4) is 0 Å². The smallest absolute Gasteiger partial charge is 0.309 e. The molecule has 7 heteroatoms. The van der Waals surface area contributed by atoms with Crippen LogP contribution in [0.2, 0.25) is 0 Å². The van der Waals surface area contributed by atoms with Crippen molar-refractivity contribution < 1.29 is 14.7 Å². The highest BCUT2D eigenvalue weighted by Crippen LogP contribution is 2.41. The van der Waals surface area contributed by atoms with Gasteiger partial charge in [0, 0.05) is 36.1 Å². The van der Waals surface area contributed by atoms with Crippen LogP contribution >= 0.6 is 11.3 Å². The lowest BCUT2D eigenvalue weighted by atomic mass is 9.99. The Balaban J connectivity index is 1.98. The van der Waals surface area contributed by atoms with Crippen molar-refractivity contribution in [2.75, 3.05) is 0 Å². The van der Waals surface area contributed by atoms with Crippen molar-refractivity contribution in [3.8, 4) is 0 Å². The number of aliphatic carboxylic acids is 1. The molecule has 1 amide bonds. The number of hydrogen-bond acceptors (Lipinski definition) is 4. The molecule has 2 aromatic rings. The number of carbonyl (C=O) groups is 2. The molecule has 3 heterocycles. The summed E-state index contributed by atoms with van der Waals surface area (Å²) in [6.07, 6.45) is 0.0518. The van der Waals surface area contributed by atoms with Gasteiger partial charge in [0.2, 0.25) is 5.91 Å². The Kier molecular flexibility index (Phi) is 3.97. The van der Waals surface area contributed by atoms with E-state index in [0.717, 1.165) is 21.8 Å². The Labute approximate surface area is 138 Å². The monoisotopic (exact) mass is 333 g/mol. The fraction of sp³-hybridized carbons (Fsp3) is 0.438. The summed E-state index contributed by atoms with van der Waals surface area (Å²) in [5.41, 5.74) is 2.87. The maximum absolute atomic E-state index is 12.5. The minimum atomic E-state index is -0.918. The number of hydrogen-bond donors (Lipinski definition) is 1. The minimum absolute atomic E-state index is 0.0518. The molecule has 0 bridgehead atoms. The normalized spacial score (nSPS) is 21.2. The largest absolute Gasteiger partial charge is 0.481 e. The summed E-state index contributed by atoms with van der Waals surface area (Å²) < 4.78 is 1.79. The van der Waals surface area contributed by atoms with Crippen molar-refractivity contribution >= 4 is 23.2 Å². The maximum Gasteiger partial charge on any atom is 0.309 e. The maximum atomic E-state index is 12.5. The number of aromatic nitrogens is 2. The summed E-state index contributed by atoms with van der Waals surface area (Å²) in [4.78, 5) is 26.7. The minimum Gasteiger partial charge on any atom is -0.481 e. The zero-order chi connectivity index (χ0) is 16.7. The van der Waals surface area contributed by atoms with Gasteiger partial charge in [0.1, 0.15) is 0 Å². The van der Waals surface area contributed by atoms with Crippen LogP contribution in [0, 0.1) is 19.8 Å². The fourth-order valence-electron chi connectivity index (χ4n) is 3.23. The highest BCUT2D eigenvalue weighted by molar-refractivity contribution is 7.10. The van der Waals surface area contributed by atoms with Crippen molar-refractivity contribution in [1.29, 1.82) is 0 Å². The van der Waals surface area contributed by atoms with E-state index in [2.05, 4.69) is 5.10 Å². The average molecular weight is 333 g/mol. The quantitative estimate of drug-likeness (QED) is 0.931. The van der Waals surface area contributed by atoms with Gasteiger partial charge in [0.05, 0.1) is 17.7 Å². The van der Waals surface area contributed by atoms with Gasteiger partial charge in [-0.25, -0.2) is 0 Å². The standard InChI is InChI=1S/C16H19N3O3S/c1-9-12(10(2)18(3)17-9)8-19-14(20)7-11(16(21)22)15(19)13-5-4-6-23-13/h4-6,11,15H,7-8H2,1-3H3,(H,21,22)/t11-,15+/m0/s1. The van der Waals surface area contributed by atoms with Crippen molar-refractivity contribution in [3.05, 3.63) is 39.3 Å². The van der Waals surface area contributed by atoms with Crippen LogP contribution < -0.4 is 0 Å². The SMILES string of the molecule is Cc1nn(C)c(C)c1CN1C(=O)C[C@H](C(=O)O)[C@@H]1c1cccs1. The third-order valence-corrected chi connectivity index (χ3v) is 5.51. The summed E-state index contributed by atoms with van der Waals surface area (Å²) in [5, 5.41) is 15.8. The van der Waals surface area contributed by atoms with E-state index in [1.54, 1.807) is 9.58 Å². The lowest BCUT2D eigenvalue weighted by Crippen LogP contribution is -2.30. The Bertz CT molecular complexity index is 751. The molecule has 23 heavy (non-hydrogen) atoms. The predicted molar refractivity (Wildman–Crippen MR) is 86.0 cm³/mol. The highest BCUT2D eigenvalue weighted by Gasteiger charge is 2.45. The molecule has 0 aromatic carbocycles. The molecule has 0 radical (unpaired) electrons. The lowest BCUT2D eigenvalue weighted by Gasteiger charge is -2.26. The Morgan fingerprint density at radius 3 is 2.74 bits per heavy atom. The topological polar surface area (TPSA) is 75.4 Å². The van der Waals surface area contributed by atoms with E-state index in [-0.39, 0.29) is 12.3 Å². The molecule has 1 aliphatic rings. The number of carboxylic acids is 1. The molecule has 0 aliphatic carbocycles. The summed E-state index contributed by atoms with van der Waals surface area (Å²) in [6.45, 7) is 4.28. The number of thiophene rings is 1. The molecular weight excluding hydrogens is 314 g/mol. The van der Waals surface area contributed by atoms with Crippen LogP contribution in [0.15, 0.2) is 17.5 Å². The number of carboxylic acid groups (broad SMARTS) is 1. The molecule has 2 atom stereocenters.